The van der Waals surface area contributed by atoms with E-state index in [9.17, 15) is 4.79 Å². The van der Waals surface area contributed by atoms with Gasteiger partial charge in [-0.15, -0.1) is 0 Å². The number of nitrogens with zero attached hydrogens (tertiary/aromatic N) is 2. The van der Waals surface area contributed by atoms with E-state index in [2.05, 4.69) is 26.1 Å². The molecular weight excluding hydrogens is 308 g/mol. The van der Waals surface area contributed by atoms with Crippen molar-refractivity contribution >= 4 is 32.7 Å². The van der Waals surface area contributed by atoms with Crippen LogP contribution in [0, 0.1) is 0 Å². The average Bonchev–Trinajstić information content (AvgIpc) is 2.81. The van der Waals surface area contributed by atoms with Crippen LogP contribution in [0.1, 0.15) is 23.3 Å². The van der Waals surface area contributed by atoms with Crippen LogP contribution in [0.25, 0.3) is 10.9 Å². The maximum Gasteiger partial charge on any atom is 0.274 e. The highest BCUT2D eigenvalue weighted by molar-refractivity contribution is 9.10. The number of carbonyl (C=O) groups excluding carboxylic acids is 1. The number of halogens is 1. The first-order valence-corrected chi connectivity index (χ1v) is 7.13. The predicted octanol–water partition coefficient (Wildman–Crippen LogP) is 1.89. The zero-order chi connectivity index (χ0) is 13.4. The SMILES string of the molecule is NC1CCN(C(=O)c2n[nH]c3ccc(Br)cc23)CC1. The summed E-state index contributed by atoms with van der Waals surface area (Å²) in [5.74, 6) is -0.0174. The van der Waals surface area contributed by atoms with Gasteiger partial charge in [0.2, 0.25) is 0 Å². The fourth-order valence-corrected chi connectivity index (χ4v) is 2.76. The van der Waals surface area contributed by atoms with E-state index in [0.717, 1.165) is 28.2 Å². The molecule has 1 aromatic carbocycles. The molecule has 1 aromatic heterocycles. The number of piperidine rings is 1. The third-order valence-electron chi connectivity index (χ3n) is 3.55. The smallest absolute Gasteiger partial charge is 0.274 e. The molecule has 0 bridgehead atoms. The molecule has 0 saturated carbocycles. The van der Waals surface area contributed by atoms with Crippen molar-refractivity contribution in [3.63, 3.8) is 0 Å². The van der Waals surface area contributed by atoms with Gasteiger partial charge in [-0.05, 0) is 31.0 Å². The topological polar surface area (TPSA) is 75.0 Å². The van der Waals surface area contributed by atoms with Gasteiger partial charge in [-0.1, -0.05) is 15.9 Å². The molecule has 0 unspecified atom stereocenters. The molecule has 0 aliphatic carbocycles. The van der Waals surface area contributed by atoms with Gasteiger partial charge in [0.1, 0.15) is 0 Å². The second-order valence-corrected chi connectivity index (χ2v) is 5.81. The summed E-state index contributed by atoms with van der Waals surface area (Å²) in [7, 11) is 0. The van der Waals surface area contributed by atoms with E-state index in [0.29, 0.717) is 18.8 Å². The molecule has 19 heavy (non-hydrogen) atoms. The summed E-state index contributed by atoms with van der Waals surface area (Å²) in [6.45, 7) is 1.42. The number of nitrogens with one attached hydrogen (secondary N) is 1. The summed E-state index contributed by atoms with van der Waals surface area (Å²) < 4.78 is 0.941. The van der Waals surface area contributed by atoms with Gasteiger partial charge in [-0.3, -0.25) is 9.89 Å². The minimum Gasteiger partial charge on any atom is -0.337 e. The number of aromatic amines is 1. The molecule has 0 atom stereocenters. The Morgan fingerprint density at radius 1 is 1.42 bits per heavy atom. The minimum atomic E-state index is -0.0174. The number of hydrogen-bond acceptors (Lipinski definition) is 3. The quantitative estimate of drug-likeness (QED) is 0.841. The van der Waals surface area contributed by atoms with Gasteiger partial charge in [0, 0.05) is 29.0 Å². The molecule has 6 heteroatoms. The van der Waals surface area contributed by atoms with Crippen LogP contribution in [0.3, 0.4) is 0 Å². The molecule has 1 amide bonds. The number of aromatic nitrogens is 2. The summed E-state index contributed by atoms with van der Waals surface area (Å²) in [5, 5.41) is 7.92. The maximum atomic E-state index is 12.5. The van der Waals surface area contributed by atoms with Crippen molar-refractivity contribution in [2.75, 3.05) is 13.1 Å². The molecule has 0 radical (unpaired) electrons. The third kappa shape index (κ3) is 2.37. The highest BCUT2D eigenvalue weighted by atomic mass is 79.9. The normalized spacial score (nSPS) is 17.1. The van der Waals surface area contributed by atoms with Gasteiger partial charge in [0.25, 0.3) is 5.91 Å². The van der Waals surface area contributed by atoms with Gasteiger partial charge in [0.15, 0.2) is 5.69 Å². The molecule has 3 N–H and O–H groups in total. The largest absolute Gasteiger partial charge is 0.337 e. The Labute approximate surface area is 119 Å². The van der Waals surface area contributed by atoms with Crippen molar-refractivity contribution in [2.45, 2.75) is 18.9 Å². The van der Waals surface area contributed by atoms with Crippen molar-refractivity contribution in [1.82, 2.24) is 15.1 Å². The average molecular weight is 323 g/mol. The van der Waals surface area contributed by atoms with Crippen LogP contribution in [0.5, 0.6) is 0 Å². The summed E-state index contributed by atoms with van der Waals surface area (Å²) in [6, 6.07) is 5.97. The fraction of sp³-hybridized carbons (Fsp3) is 0.385. The Hall–Kier alpha value is -1.40. The second-order valence-electron chi connectivity index (χ2n) is 4.89. The Bertz CT molecular complexity index is 616. The van der Waals surface area contributed by atoms with Crippen molar-refractivity contribution in [1.29, 1.82) is 0 Å². The molecule has 2 heterocycles. The van der Waals surface area contributed by atoms with E-state index in [1.54, 1.807) is 0 Å². The van der Waals surface area contributed by atoms with Gasteiger partial charge in [0.05, 0.1) is 5.52 Å². The molecule has 1 aliphatic heterocycles. The summed E-state index contributed by atoms with van der Waals surface area (Å²) >= 11 is 3.42. The van der Waals surface area contributed by atoms with E-state index < -0.39 is 0 Å². The maximum absolute atomic E-state index is 12.5. The van der Waals surface area contributed by atoms with Crippen LogP contribution in [0.2, 0.25) is 0 Å². The zero-order valence-electron chi connectivity index (χ0n) is 10.4. The van der Waals surface area contributed by atoms with Crippen molar-refractivity contribution in [2.24, 2.45) is 5.73 Å². The molecule has 0 spiro atoms. The first kappa shape index (κ1) is 12.6. The molecular formula is C13H15BrN4O. The molecule has 5 nitrogen and oxygen atoms in total. The molecule has 1 aliphatic rings. The van der Waals surface area contributed by atoms with Crippen molar-refractivity contribution in [3.05, 3.63) is 28.4 Å². The molecule has 3 rings (SSSR count). The van der Waals surface area contributed by atoms with Crippen molar-refractivity contribution < 1.29 is 4.79 Å². The van der Waals surface area contributed by atoms with Gasteiger partial charge >= 0.3 is 0 Å². The number of hydrogen-bond donors (Lipinski definition) is 2. The van der Waals surface area contributed by atoms with Crippen LogP contribution in [0.15, 0.2) is 22.7 Å². The lowest BCUT2D eigenvalue weighted by Gasteiger charge is -2.29. The lowest BCUT2D eigenvalue weighted by atomic mass is 10.1. The Morgan fingerprint density at radius 3 is 2.89 bits per heavy atom. The van der Waals surface area contributed by atoms with Crippen LogP contribution in [-0.4, -0.2) is 40.1 Å². The van der Waals surface area contributed by atoms with Crippen LogP contribution < -0.4 is 5.73 Å². The molecule has 1 saturated heterocycles. The number of amides is 1. The summed E-state index contributed by atoms with van der Waals surface area (Å²) in [4.78, 5) is 14.3. The van der Waals surface area contributed by atoms with E-state index in [4.69, 9.17) is 5.73 Å². The molecule has 1 fully saturated rings. The number of nitrogens with two attached hydrogens (primary N) is 1. The van der Waals surface area contributed by atoms with Crippen LogP contribution >= 0.6 is 15.9 Å². The lowest BCUT2D eigenvalue weighted by molar-refractivity contribution is 0.0710. The van der Waals surface area contributed by atoms with Gasteiger partial charge in [-0.2, -0.15) is 5.10 Å². The highest BCUT2D eigenvalue weighted by Crippen LogP contribution is 2.23. The number of rotatable bonds is 1. The minimum absolute atomic E-state index is 0.0174. The number of likely N-dealkylation sites (tertiary alicyclic amines) is 1. The van der Waals surface area contributed by atoms with E-state index in [1.807, 2.05) is 23.1 Å². The van der Waals surface area contributed by atoms with E-state index >= 15 is 0 Å². The van der Waals surface area contributed by atoms with Crippen LogP contribution in [0.4, 0.5) is 0 Å². The Morgan fingerprint density at radius 2 is 2.16 bits per heavy atom. The second kappa shape index (κ2) is 4.94. The lowest BCUT2D eigenvalue weighted by Crippen LogP contribution is -2.43. The standard InChI is InChI=1S/C13H15BrN4O/c14-8-1-2-11-10(7-8)12(17-16-11)13(19)18-5-3-9(15)4-6-18/h1-2,7,9H,3-6,15H2,(H,16,17). The van der Waals surface area contributed by atoms with E-state index in [1.165, 1.54) is 0 Å². The van der Waals surface area contributed by atoms with E-state index in [-0.39, 0.29) is 11.9 Å². The number of fused-ring (bicyclic) bond motifs is 1. The first-order valence-electron chi connectivity index (χ1n) is 6.33. The molecule has 100 valence electrons. The predicted molar refractivity (Wildman–Crippen MR) is 76.9 cm³/mol. The molecule has 2 aromatic rings. The highest BCUT2D eigenvalue weighted by Gasteiger charge is 2.24. The number of H-pyrrole nitrogens is 1. The number of carbonyl (C=O) groups is 1. The first-order chi connectivity index (χ1) is 9.15. The van der Waals surface area contributed by atoms with Gasteiger partial charge in [-0.25, -0.2) is 0 Å². The third-order valence-corrected chi connectivity index (χ3v) is 4.05. The monoisotopic (exact) mass is 322 g/mol. The summed E-state index contributed by atoms with van der Waals surface area (Å²) in [6.07, 6.45) is 1.72. The number of benzene rings is 1. The van der Waals surface area contributed by atoms with Crippen molar-refractivity contribution in [3.8, 4) is 0 Å². The Balaban J connectivity index is 1.91. The van der Waals surface area contributed by atoms with Gasteiger partial charge < -0.3 is 10.6 Å². The Kier molecular flexibility index (Phi) is 3.28. The summed E-state index contributed by atoms with van der Waals surface area (Å²) in [5.41, 5.74) is 7.23. The fourth-order valence-electron chi connectivity index (χ4n) is 2.40. The zero-order valence-corrected chi connectivity index (χ0v) is 12.0. The van der Waals surface area contributed by atoms with Crippen LogP contribution in [-0.2, 0) is 0 Å².